The van der Waals surface area contributed by atoms with Crippen LogP contribution in [0.1, 0.15) is 33.1 Å². The van der Waals surface area contributed by atoms with Gasteiger partial charge in [0.2, 0.25) is 5.91 Å². The van der Waals surface area contributed by atoms with Gasteiger partial charge >= 0.3 is 6.03 Å². The van der Waals surface area contributed by atoms with E-state index in [1.54, 1.807) is 6.92 Å². The zero-order valence-electron chi connectivity index (χ0n) is 11.9. The van der Waals surface area contributed by atoms with E-state index in [0.717, 1.165) is 12.8 Å². The predicted octanol–water partition coefficient (Wildman–Crippen LogP) is 0.00210. The number of urea groups is 1. The molecular formula is C13H21N3O4. The van der Waals surface area contributed by atoms with Crippen LogP contribution < -0.4 is 10.6 Å². The summed E-state index contributed by atoms with van der Waals surface area (Å²) in [5.41, 5.74) is -0.940. The molecule has 0 radical (unpaired) electrons. The van der Waals surface area contributed by atoms with E-state index in [4.69, 9.17) is 4.74 Å². The Morgan fingerprint density at radius 3 is 2.70 bits per heavy atom. The molecule has 2 saturated heterocycles. The predicted molar refractivity (Wildman–Crippen MR) is 70.9 cm³/mol. The van der Waals surface area contributed by atoms with Crippen LogP contribution >= 0.6 is 0 Å². The largest absolute Gasteiger partial charge is 0.381 e. The van der Waals surface area contributed by atoms with Crippen molar-refractivity contribution in [2.45, 2.75) is 44.7 Å². The molecule has 20 heavy (non-hydrogen) atoms. The van der Waals surface area contributed by atoms with Gasteiger partial charge in [0.05, 0.1) is 0 Å². The van der Waals surface area contributed by atoms with Crippen LogP contribution in [0.3, 0.4) is 0 Å². The highest BCUT2D eigenvalue weighted by Gasteiger charge is 2.48. The molecular weight excluding hydrogens is 262 g/mol. The number of carbonyl (C=O) groups excluding carboxylic acids is 3. The molecule has 0 spiro atoms. The van der Waals surface area contributed by atoms with E-state index < -0.39 is 11.6 Å². The van der Waals surface area contributed by atoms with E-state index in [1.807, 2.05) is 6.92 Å². The quantitative estimate of drug-likeness (QED) is 0.711. The number of amides is 4. The van der Waals surface area contributed by atoms with Crippen molar-refractivity contribution in [2.75, 3.05) is 19.8 Å². The number of ether oxygens (including phenoxy) is 1. The molecule has 4 amide bonds. The summed E-state index contributed by atoms with van der Waals surface area (Å²) in [7, 11) is 0. The van der Waals surface area contributed by atoms with Crippen molar-refractivity contribution in [3.8, 4) is 0 Å². The molecule has 2 heterocycles. The van der Waals surface area contributed by atoms with Crippen molar-refractivity contribution < 1.29 is 19.1 Å². The van der Waals surface area contributed by atoms with Crippen molar-refractivity contribution in [2.24, 2.45) is 0 Å². The SMILES string of the molecule is CCC1(C)C(=O)NC(=O)N1CC(=O)NC1CCOCC1. The standard InChI is InChI=1S/C13H21N3O4/c1-3-13(2)11(18)15-12(19)16(13)8-10(17)14-9-4-6-20-7-5-9/h9H,3-8H2,1-2H3,(H,14,17)(H,15,18,19). The third-order valence-electron chi connectivity index (χ3n) is 4.13. The first-order valence-electron chi connectivity index (χ1n) is 6.97. The van der Waals surface area contributed by atoms with Gasteiger partial charge in [0, 0.05) is 19.3 Å². The molecule has 0 bridgehead atoms. The lowest BCUT2D eigenvalue weighted by atomic mass is 9.97. The molecule has 7 nitrogen and oxygen atoms in total. The van der Waals surface area contributed by atoms with Crippen LogP contribution in [-0.4, -0.2) is 54.1 Å². The zero-order valence-corrected chi connectivity index (χ0v) is 11.9. The average molecular weight is 283 g/mol. The summed E-state index contributed by atoms with van der Waals surface area (Å²) >= 11 is 0. The van der Waals surface area contributed by atoms with E-state index in [-0.39, 0.29) is 24.4 Å². The summed E-state index contributed by atoms with van der Waals surface area (Å²) in [6.45, 7) is 4.68. The third kappa shape index (κ3) is 2.77. The Morgan fingerprint density at radius 2 is 2.10 bits per heavy atom. The van der Waals surface area contributed by atoms with Gasteiger partial charge in [0.1, 0.15) is 12.1 Å². The van der Waals surface area contributed by atoms with Gasteiger partial charge in [-0.2, -0.15) is 0 Å². The number of hydrogen-bond acceptors (Lipinski definition) is 4. The first-order valence-corrected chi connectivity index (χ1v) is 6.97. The van der Waals surface area contributed by atoms with Crippen molar-refractivity contribution in [1.29, 1.82) is 0 Å². The maximum absolute atomic E-state index is 12.0. The molecule has 0 aromatic rings. The topological polar surface area (TPSA) is 87.7 Å². The van der Waals surface area contributed by atoms with Crippen molar-refractivity contribution in [1.82, 2.24) is 15.5 Å². The first-order chi connectivity index (χ1) is 9.47. The second kappa shape index (κ2) is 5.78. The fourth-order valence-corrected chi connectivity index (χ4v) is 2.50. The molecule has 0 aliphatic carbocycles. The Bertz CT molecular complexity index is 420. The van der Waals surface area contributed by atoms with E-state index >= 15 is 0 Å². The number of nitrogens with one attached hydrogen (secondary N) is 2. The molecule has 0 aromatic heterocycles. The molecule has 1 unspecified atom stereocenters. The van der Waals surface area contributed by atoms with E-state index in [1.165, 1.54) is 4.90 Å². The highest BCUT2D eigenvalue weighted by atomic mass is 16.5. The molecule has 0 saturated carbocycles. The van der Waals surface area contributed by atoms with E-state index in [2.05, 4.69) is 10.6 Å². The van der Waals surface area contributed by atoms with Crippen LogP contribution in [0.25, 0.3) is 0 Å². The van der Waals surface area contributed by atoms with E-state index in [9.17, 15) is 14.4 Å². The second-order valence-corrected chi connectivity index (χ2v) is 5.43. The molecule has 2 N–H and O–H groups in total. The van der Waals surface area contributed by atoms with Gasteiger partial charge in [-0.15, -0.1) is 0 Å². The van der Waals surface area contributed by atoms with Crippen LogP contribution in [0, 0.1) is 0 Å². The van der Waals surface area contributed by atoms with Crippen molar-refractivity contribution >= 4 is 17.8 Å². The molecule has 0 aromatic carbocycles. The lowest BCUT2D eigenvalue weighted by molar-refractivity contribution is -0.128. The van der Waals surface area contributed by atoms with Gasteiger partial charge in [-0.3, -0.25) is 14.9 Å². The smallest absolute Gasteiger partial charge is 0.325 e. The summed E-state index contributed by atoms with van der Waals surface area (Å²) in [4.78, 5) is 36.9. The van der Waals surface area contributed by atoms with Gasteiger partial charge in [0.15, 0.2) is 0 Å². The Morgan fingerprint density at radius 1 is 1.45 bits per heavy atom. The minimum Gasteiger partial charge on any atom is -0.381 e. The summed E-state index contributed by atoms with van der Waals surface area (Å²) in [6, 6.07) is -0.410. The molecule has 2 rings (SSSR count). The summed E-state index contributed by atoms with van der Waals surface area (Å²) in [6.07, 6.45) is 2.03. The molecule has 2 fully saturated rings. The highest BCUT2D eigenvalue weighted by Crippen LogP contribution is 2.24. The summed E-state index contributed by atoms with van der Waals surface area (Å²) in [5.74, 6) is -0.578. The normalized spacial score (nSPS) is 27.6. The van der Waals surface area contributed by atoms with Crippen molar-refractivity contribution in [3.05, 3.63) is 0 Å². The maximum Gasteiger partial charge on any atom is 0.325 e. The Kier molecular flexibility index (Phi) is 4.27. The van der Waals surface area contributed by atoms with Crippen LogP contribution in [-0.2, 0) is 14.3 Å². The molecule has 112 valence electrons. The minimum atomic E-state index is -0.940. The Balaban J connectivity index is 1.95. The van der Waals surface area contributed by atoms with Gasteiger partial charge in [-0.1, -0.05) is 6.92 Å². The third-order valence-corrected chi connectivity index (χ3v) is 4.13. The minimum absolute atomic E-state index is 0.0884. The van der Waals surface area contributed by atoms with Gasteiger partial charge in [0.25, 0.3) is 5.91 Å². The Hall–Kier alpha value is -1.63. The fraction of sp³-hybridized carbons (Fsp3) is 0.769. The fourth-order valence-electron chi connectivity index (χ4n) is 2.50. The number of hydrogen-bond donors (Lipinski definition) is 2. The van der Waals surface area contributed by atoms with Crippen LogP contribution in [0.5, 0.6) is 0 Å². The number of nitrogens with zero attached hydrogens (tertiary/aromatic N) is 1. The van der Waals surface area contributed by atoms with Crippen LogP contribution in [0.2, 0.25) is 0 Å². The lowest BCUT2D eigenvalue weighted by Gasteiger charge is -2.31. The Labute approximate surface area is 118 Å². The summed E-state index contributed by atoms with van der Waals surface area (Å²) in [5, 5.41) is 5.16. The highest BCUT2D eigenvalue weighted by molar-refractivity contribution is 6.07. The molecule has 2 aliphatic rings. The molecule has 7 heteroatoms. The number of rotatable bonds is 4. The second-order valence-electron chi connectivity index (χ2n) is 5.43. The summed E-state index contributed by atoms with van der Waals surface area (Å²) < 4.78 is 5.23. The average Bonchev–Trinajstić information content (AvgIpc) is 2.64. The number of imide groups is 1. The molecule has 1 atom stereocenters. The van der Waals surface area contributed by atoms with Gasteiger partial charge in [-0.05, 0) is 26.2 Å². The van der Waals surface area contributed by atoms with Gasteiger partial charge in [-0.25, -0.2) is 4.79 Å². The monoisotopic (exact) mass is 283 g/mol. The lowest BCUT2D eigenvalue weighted by Crippen LogP contribution is -2.52. The number of carbonyl (C=O) groups is 3. The van der Waals surface area contributed by atoms with Crippen LogP contribution in [0.4, 0.5) is 4.79 Å². The van der Waals surface area contributed by atoms with Crippen LogP contribution in [0.15, 0.2) is 0 Å². The molecule has 2 aliphatic heterocycles. The van der Waals surface area contributed by atoms with E-state index in [0.29, 0.717) is 19.6 Å². The van der Waals surface area contributed by atoms with Crippen molar-refractivity contribution in [3.63, 3.8) is 0 Å². The van der Waals surface area contributed by atoms with Gasteiger partial charge < -0.3 is 15.0 Å². The maximum atomic E-state index is 12.0. The zero-order chi connectivity index (χ0) is 14.8. The first kappa shape index (κ1) is 14.8.